The van der Waals surface area contributed by atoms with Crippen molar-refractivity contribution < 1.29 is 9.53 Å². The Morgan fingerprint density at radius 2 is 2.21 bits per heavy atom. The third-order valence-electron chi connectivity index (χ3n) is 1.94. The molecule has 3 heteroatoms. The van der Waals surface area contributed by atoms with Crippen LogP contribution in [0.25, 0.3) is 0 Å². The molecule has 0 radical (unpaired) electrons. The van der Waals surface area contributed by atoms with Gasteiger partial charge >= 0.3 is 0 Å². The van der Waals surface area contributed by atoms with Crippen molar-refractivity contribution in [2.75, 3.05) is 13.7 Å². The minimum absolute atomic E-state index is 0.0898. The Balaban J connectivity index is 3.03. The number of ether oxygens (including phenoxy) is 1. The number of hydrogen-bond donors (Lipinski definition) is 1. The Morgan fingerprint density at radius 1 is 1.50 bits per heavy atom. The van der Waals surface area contributed by atoms with Crippen LogP contribution in [0.1, 0.15) is 22.8 Å². The van der Waals surface area contributed by atoms with E-state index in [1.54, 1.807) is 13.2 Å². The van der Waals surface area contributed by atoms with Crippen LogP contribution >= 0.6 is 0 Å². The van der Waals surface area contributed by atoms with Crippen LogP contribution in [0.2, 0.25) is 0 Å². The number of benzene rings is 1. The third-order valence-corrected chi connectivity index (χ3v) is 1.94. The monoisotopic (exact) mass is 193 g/mol. The summed E-state index contributed by atoms with van der Waals surface area (Å²) in [5.41, 5.74) is 1.64. The summed E-state index contributed by atoms with van der Waals surface area (Å²) in [7, 11) is 1.56. The van der Waals surface area contributed by atoms with Crippen LogP contribution in [-0.2, 0) is 0 Å². The molecule has 1 rings (SSSR count). The maximum absolute atomic E-state index is 11.6. The summed E-state index contributed by atoms with van der Waals surface area (Å²) in [5, 5.41) is 2.74. The molecule has 0 atom stereocenters. The molecule has 1 N–H and O–H groups in total. The molecule has 0 saturated carbocycles. The molecule has 3 nitrogen and oxygen atoms in total. The number of nitrogens with one attached hydrogen (secondary N) is 1. The van der Waals surface area contributed by atoms with E-state index in [1.165, 1.54) is 0 Å². The van der Waals surface area contributed by atoms with Gasteiger partial charge in [0.1, 0.15) is 5.75 Å². The molecule has 0 aliphatic carbocycles. The molecular weight excluding hydrogens is 178 g/mol. The highest BCUT2D eigenvalue weighted by Crippen LogP contribution is 2.19. The second kappa shape index (κ2) is 4.65. The quantitative estimate of drug-likeness (QED) is 0.794. The predicted octanol–water partition coefficient (Wildman–Crippen LogP) is 1.75. The van der Waals surface area contributed by atoms with Crippen molar-refractivity contribution in [3.63, 3.8) is 0 Å². The first-order valence-corrected chi connectivity index (χ1v) is 4.62. The predicted molar refractivity (Wildman–Crippen MR) is 55.7 cm³/mol. The summed E-state index contributed by atoms with van der Waals surface area (Å²) in [6, 6.07) is 5.55. The first-order chi connectivity index (χ1) is 6.69. The fourth-order valence-electron chi connectivity index (χ4n) is 1.26. The zero-order valence-corrected chi connectivity index (χ0v) is 8.76. The molecule has 0 aromatic heterocycles. The lowest BCUT2D eigenvalue weighted by Crippen LogP contribution is -2.23. The lowest BCUT2D eigenvalue weighted by atomic mass is 10.1. The van der Waals surface area contributed by atoms with E-state index < -0.39 is 0 Å². The van der Waals surface area contributed by atoms with Crippen LogP contribution in [0, 0.1) is 6.92 Å². The molecule has 76 valence electrons. The first-order valence-electron chi connectivity index (χ1n) is 4.62. The highest BCUT2D eigenvalue weighted by atomic mass is 16.5. The van der Waals surface area contributed by atoms with Crippen molar-refractivity contribution in [1.82, 2.24) is 5.32 Å². The summed E-state index contributed by atoms with van der Waals surface area (Å²) >= 11 is 0. The van der Waals surface area contributed by atoms with E-state index in [0.29, 0.717) is 17.9 Å². The SMILES string of the molecule is CCNC(=O)c1cc(C)ccc1OC. The molecule has 1 amide bonds. The first kappa shape index (κ1) is 10.6. The van der Waals surface area contributed by atoms with Gasteiger partial charge in [-0.25, -0.2) is 0 Å². The van der Waals surface area contributed by atoms with E-state index in [1.807, 2.05) is 26.0 Å². The summed E-state index contributed by atoms with van der Waals surface area (Å²) in [4.78, 5) is 11.6. The smallest absolute Gasteiger partial charge is 0.255 e. The molecule has 1 aromatic carbocycles. The van der Waals surface area contributed by atoms with Gasteiger partial charge < -0.3 is 10.1 Å². The average molecular weight is 193 g/mol. The molecule has 0 heterocycles. The van der Waals surface area contributed by atoms with Gasteiger partial charge in [0, 0.05) is 6.54 Å². The summed E-state index contributed by atoms with van der Waals surface area (Å²) in [6.07, 6.45) is 0. The molecule has 0 unspecified atom stereocenters. The van der Waals surface area contributed by atoms with Gasteiger partial charge in [0.15, 0.2) is 0 Å². The van der Waals surface area contributed by atoms with Crippen LogP contribution in [-0.4, -0.2) is 19.6 Å². The molecule has 0 spiro atoms. The number of aryl methyl sites for hydroxylation is 1. The zero-order chi connectivity index (χ0) is 10.6. The lowest BCUT2D eigenvalue weighted by Gasteiger charge is -2.08. The highest BCUT2D eigenvalue weighted by Gasteiger charge is 2.10. The van der Waals surface area contributed by atoms with Crippen molar-refractivity contribution in [2.45, 2.75) is 13.8 Å². The van der Waals surface area contributed by atoms with Gasteiger partial charge in [-0.1, -0.05) is 11.6 Å². The van der Waals surface area contributed by atoms with Gasteiger partial charge in [0.05, 0.1) is 12.7 Å². The van der Waals surface area contributed by atoms with Crippen LogP contribution in [0.3, 0.4) is 0 Å². The van der Waals surface area contributed by atoms with E-state index in [9.17, 15) is 4.79 Å². The third kappa shape index (κ3) is 2.25. The van der Waals surface area contributed by atoms with E-state index >= 15 is 0 Å². The number of hydrogen-bond acceptors (Lipinski definition) is 2. The molecule has 14 heavy (non-hydrogen) atoms. The van der Waals surface area contributed by atoms with Crippen molar-refractivity contribution in [3.05, 3.63) is 29.3 Å². The molecule has 0 saturated heterocycles. The molecule has 0 bridgehead atoms. The number of rotatable bonds is 3. The second-order valence-electron chi connectivity index (χ2n) is 3.06. The standard InChI is InChI=1S/C11H15NO2/c1-4-12-11(13)9-7-8(2)5-6-10(9)14-3/h5-7H,4H2,1-3H3,(H,12,13). The van der Waals surface area contributed by atoms with Crippen molar-refractivity contribution in [2.24, 2.45) is 0 Å². The Kier molecular flexibility index (Phi) is 3.51. The summed E-state index contributed by atoms with van der Waals surface area (Å²) in [6.45, 7) is 4.46. The molecule has 1 aromatic rings. The molecular formula is C11H15NO2. The summed E-state index contributed by atoms with van der Waals surface area (Å²) < 4.78 is 5.11. The maximum atomic E-state index is 11.6. The second-order valence-corrected chi connectivity index (χ2v) is 3.06. The van der Waals surface area contributed by atoms with Gasteiger partial charge in [-0.15, -0.1) is 0 Å². The van der Waals surface area contributed by atoms with E-state index in [-0.39, 0.29) is 5.91 Å². The Bertz CT molecular complexity index is 334. The zero-order valence-electron chi connectivity index (χ0n) is 8.76. The van der Waals surface area contributed by atoms with Gasteiger partial charge in [-0.05, 0) is 26.0 Å². The number of carbonyl (C=O) groups is 1. The normalized spacial score (nSPS) is 9.64. The Hall–Kier alpha value is -1.51. The minimum atomic E-state index is -0.0898. The van der Waals surface area contributed by atoms with Crippen LogP contribution in [0.15, 0.2) is 18.2 Å². The van der Waals surface area contributed by atoms with Crippen molar-refractivity contribution >= 4 is 5.91 Å². The van der Waals surface area contributed by atoms with Gasteiger partial charge in [0.25, 0.3) is 5.91 Å². The van der Waals surface area contributed by atoms with Crippen molar-refractivity contribution in [3.8, 4) is 5.75 Å². The topological polar surface area (TPSA) is 38.3 Å². The lowest BCUT2D eigenvalue weighted by molar-refractivity contribution is 0.0952. The minimum Gasteiger partial charge on any atom is -0.496 e. The number of methoxy groups -OCH3 is 1. The largest absolute Gasteiger partial charge is 0.496 e. The van der Waals surface area contributed by atoms with E-state index in [4.69, 9.17) is 4.74 Å². The fraction of sp³-hybridized carbons (Fsp3) is 0.364. The van der Waals surface area contributed by atoms with Gasteiger partial charge in [-0.2, -0.15) is 0 Å². The van der Waals surface area contributed by atoms with Gasteiger partial charge in [0.2, 0.25) is 0 Å². The molecule has 0 aliphatic heterocycles. The van der Waals surface area contributed by atoms with E-state index in [0.717, 1.165) is 5.56 Å². The number of amides is 1. The highest BCUT2D eigenvalue weighted by molar-refractivity contribution is 5.97. The average Bonchev–Trinajstić information content (AvgIpc) is 2.18. The Morgan fingerprint density at radius 3 is 2.79 bits per heavy atom. The van der Waals surface area contributed by atoms with E-state index in [2.05, 4.69) is 5.32 Å². The van der Waals surface area contributed by atoms with Gasteiger partial charge in [-0.3, -0.25) is 4.79 Å². The van der Waals surface area contributed by atoms with Crippen LogP contribution in [0.4, 0.5) is 0 Å². The molecule has 0 aliphatic rings. The van der Waals surface area contributed by atoms with Crippen LogP contribution in [0.5, 0.6) is 5.75 Å². The fourth-order valence-corrected chi connectivity index (χ4v) is 1.26. The molecule has 0 fully saturated rings. The maximum Gasteiger partial charge on any atom is 0.255 e. The number of carbonyl (C=O) groups excluding carboxylic acids is 1. The van der Waals surface area contributed by atoms with Crippen molar-refractivity contribution in [1.29, 1.82) is 0 Å². The Labute approximate surface area is 84.1 Å². The summed E-state index contributed by atoms with van der Waals surface area (Å²) in [5.74, 6) is 0.523. The van der Waals surface area contributed by atoms with Crippen LogP contribution < -0.4 is 10.1 Å².